The molecule has 0 saturated carbocycles. The molecule has 0 bridgehead atoms. The van der Waals surface area contributed by atoms with E-state index in [1.54, 1.807) is 24.3 Å². The lowest BCUT2D eigenvalue weighted by molar-refractivity contribution is 0.0734. The van der Waals surface area contributed by atoms with Gasteiger partial charge in [0.25, 0.3) is 5.91 Å². The van der Waals surface area contributed by atoms with Gasteiger partial charge in [-0.25, -0.2) is 0 Å². The summed E-state index contributed by atoms with van der Waals surface area (Å²) in [5.41, 5.74) is 3.19. The van der Waals surface area contributed by atoms with Crippen molar-refractivity contribution in [1.29, 1.82) is 5.26 Å². The molecule has 3 rings (SSSR count). The van der Waals surface area contributed by atoms with Crippen LogP contribution >= 0.6 is 0 Å². The van der Waals surface area contributed by atoms with Crippen molar-refractivity contribution in [3.8, 4) is 11.8 Å². The highest BCUT2D eigenvalue weighted by molar-refractivity contribution is 5.94. The fourth-order valence-corrected chi connectivity index (χ4v) is 2.66. The van der Waals surface area contributed by atoms with Crippen LogP contribution in [0, 0.1) is 11.3 Å². The van der Waals surface area contributed by atoms with Gasteiger partial charge in [-0.1, -0.05) is 24.3 Å². The molecule has 2 aromatic carbocycles. The van der Waals surface area contributed by atoms with Gasteiger partial charge in [0.1, 0.15) is 11.8 Å². The van der Waals surface area contributed by atoms with E-state index in [1.807, 2.05) is 23.1 Å². The van der Waals surface area contributed by atoms with Crippen LogP contribution in [0.2, 0.25) is 0 Å². The quantitative estimate of drug-likeness (QED) is 0.874. The molecule has 1 amide bonds. The summed E-state index contributed by atoms with van der Waals surface area (Å²) in [6, 6.07) is 17.1. The van der Waals surface area contributed by atoms with Crippen LogP contribution in [0.4, 0.5) is 0 Å². The Morgan fingerprint density at radius 1 is 1.14 bits per heavy atom. The lowest BCUT2D eigenvalue weighted by atomic mass is 9.99. The fraction of sp³-hybridized carbons (Fsp3) is 0.222. The van der Waals surface area contributed by atoms with Gasteiger partial charge < -0.3 is 9.64 Å². The molecule has 2 aromatic rings. The van der Waals surface area contributed by atoms with Crippen LogP contribution in [-0.4, -0.2) is 24.0 Å². The van der Waals surface area contributed by atoms with E-state index < -0.39 is 0 Å². The second-order valence-electron chi connectivity index (χ2n) is 5.22. The summed E-state index contributed by atoms with van der Waals surface area (Å²) in [4.78, 5) is 14.4. The third-order valence-electron chi connectivity index (χ3n) is 3.82. The highest BCUT2D eigenvalue weighted by Gasteiger charge is 2.21. The molecule has 4 nitrogen and oxygen atoms in total. The Morgan fingerprint density at radius 2 is 1.86 bits per heavy atom. The predicted molar refractivity (Wildman–Crippen MR) is 82.4 cm³/mol. The van der Waals surface area contributed by atoms with Crippen LogP contribution in [0.1, 0.15) is 21.5 Å². The summed E-state index contributed by atoms with van der Waals surface area (Å²) >= 11 is 0. The molecule has 1 aliphatic heterocycles. The number of amides is 1. The smallest absolute Gasteiger partial charge is 0.254 e. The Balaban J connectivity index is 1.71. The molecule has 1 aliphatic rings. The SMILES string of the molecule is N#CCOc1ccc(C(=O)N2CCc3ccccc3C2)cc1. The molecular formula is C18H16N2O2. The fourth-order valence-electron chi connectivity index (χ4n) is 2.66. The van der Waals surface area contributed by atoms with E-state index in [4.69, 9.17) is 10.00 Å². The van der Waals surface area contributed by atoms with Crippen molar-refractivity contribution in [2.24, 2.45) is 0 Å². The highest BCUT2D eigenvalue weighted by atomic mass is 16.5. The Morgan fingerprint density at radius 3 is 2.59 bits per heavy atom. The number of nitrogens with zero attached hydrogens (tertiary/aromatic N) is 2. The summed E-state index contributed by atoms with van der Waals surface area (Å²) in [6.45, 7) is 1.40. The number of hydrogen-bond acceptors (Lipinski definition) is 3. The van der Waals surface area contributed by atoms with Crippen molar-refractivity contribution in [2.75, 3.05) is 13.2 Å². The van der Waals surface area contributed by atoms with Crippen molar-refractivity contribution in [2.45, 2.75) is 13.0 Å². The van der Waals surface area contributed by atoms with E-state index in [2.05, 4.69) is 12.1 Å². The van der Waals surface area contributed by atoms with Crippen LogP contribution in [-0.2, 0) is 13.0 Å². The van der Waals surface area contributed by atoms with Gasteiger partial charge in [-0.15, -0.1) is 0 Å². The Bertz CT molecular complexity index is 717. The van der Waals surface area contributed by atoms with Gasteiger partial charge in [0.2, 0.25) is 0 Å². The Hall–Kier alpha value is -2.80. The maximum absolute atomic E-state index is 12.6. The molecule has 0 atom stereocenters. The number of ether oxygens (including phenoxy) is 1. The summed E-state index contributed by atoms with van der Waals surface area (Å²) in [7, 11) is 0. The average Bonchev–Trinajstić information content (AvgIpc) is 2.59. The zero-order valence-corrected chi connectivity index (χ0v) is 12.2. The minimum Gasteiger partial charge on any atom is -0.479 e. The first kappa shape index (κ1) is 14.2. The predicted octanol–water partition coefficient (Wildman–Crippen LogP) is 2.79. The second kappa shape index (κ2) is 6.31. The molecular weight excluding hydrogens is 276 g/mol. The van der Waals surface area contributed by atoms with Gasteiger partial charge in [0, 0.05) is 18.7 Å². The Labute approximate surface area is 129 Å². The second-order valence-corrected chi connectivity index (χ2v) is 5.22. The van der Waals surface area contributed by atoms with Gasteiger partial charge in [0.05, 0.1) is 0 Å². The van der Waals surface area contributed by atoms with Crippen molar-refractivity contribution >= 4 is 5.91 Å². The first-order valence-electron chi connectivity index (χ1n) is 7.24. The van der Waals surface area contributed by atoms with E-state index >= 15 is 0 Å². The van der Waals surface area contributed by atoms with Crippen molar-refractivity contribution in [1.82, 2.24) is 4.90 Å². The Kier molecular flexibility index (Phi) is 4.06. The topological polar surface area (TPSA) is 53.3 Å². The van der Waals surface area contributed by atoms with Crippen LogP contribution in [0.25, 0.3) is 0 Å². The van der Waals surface area contributed by atoms with Gasteiger partial charge >= 0.3 is 0 Å². The van der Waals surface area contributed by atoms with Crippen molar-refractivity contribution in [3.05, 3.63) is 65.2 Å². The molecule has 4 heteroatoms. The molecule has 0 aliphatic carbocycles. The zero-order valence-electron chi connectivity index (χ0n) is 12.2. The van der Waals surface area contributed by atoms with Gasteiger partial charge in [0.15, 0.2) is 6.61 Å². The van der Waals surface area contributed by atoms with Crippen LogP contribution in [0.15, 0.2) is 48.5 Å². The third-order valence-corrected chi connectivity index (χ3v) is 3.82. The average molecular weight is 292 g/mol. The van der Waals surface area contributed by atoms with E-state index in [0.717, 1.165) is 13.0 Å². The standard InChI is InChI=1S/C18H16N2O2/c19-10-12-22-17-7-5-15(6-8-17)18(21)20-11-9-14-3-1-2-4-16(14)13-20/h1-8H,9,11-13H2. The van der Waals surface area contributed by atoms with Gasteiger partial charge in [-0.05, 0) is 41.8 Å². The van der Waals surface area contributed by atoms with E-state index in [1.165, 1.54) is 11.1 Å². The number of hydrogen-bond donors (Lipinski definition) is 0. The van der Waals surface area contributed by atoms with Gasteiger partial charge in [-0.2, -0.15) is 5.26 Å². The molecule has 0 radical (unpaired) electrons. The normalized spacial score (nSPS) is 13.1. The highest BCUT2D eigenvalue weighted by Crippen LogP contribution is 2.21. The van der Waals surface area contributed by atoms with E-state index in [0.29, 0.717) is 17.9 Å². The first-order valence-corrected chi connectivity index (χ1v) is 7.24. The third kappa shape index (κ3) is 2.94. The van der Waals surface area contributed by atoms with Crippen molar-refractivity contribution < 1.29 is 9.53 Å². The lowest BCUT2D eigenvalue weighted by Crippen LogP contribution is -2.35. The maximum Gasteiger partial charge on any atom is 0.254 e. The lowest BCUT2D eigenvalue weighted by Gasteiger charge is -2.29. The molecule has 0 fully saturated rings. The summed E-state index contributed by atoms with van der Waals surface area (Å²) in [5, 5.41) is 8.48. The van der Waals surface area contributed by atoms with Gasteiger partial charge in [-0.3, -0.25) is 4.79 Å². The van der Waals surface area contributed by atoms with E-state index in [9.17, 15) is 4.79 Å². The number of nitriles is 1. The first-order chi connectivity index (χ1) is 10.8. The molecule has 110 valence electrons. The molecule has 0 aromatic heterocycles. The molecule has 22 heavy (non-hydrogen) atoms. The van der Waals surface area contributed by atoms with Crippen molar-refractivity contribution in [3.63, 3.8) is 0 Å². The maximum atomic E-state index is 12.6. The van der Waals surface area contributed by atoms with Crippen LogP contribution < -0.4 is 4.74 Å². The largest absolute Gasteiger partial charge is 0.479 e. The summed E-state index contributed by atoms with van der Waals surface area (Å²) in [5.74, 6) is 0.628. The molecule has 0 unspecified atom stereocenters. The van der Waals surface area contributed by atoms with Crippen LogP contribution in [0.5, 0.6) is 5.75 Å². The molecule has 0 spiro atoms. The number of benzene rings is 2. The minimum absolute atomic E-state index is 0.0101. The molecule has 0 N–H and O–H groups in total. The molecule has 0 saturated heterocycles. The summed E-state index contributed by atoms with van der Waals surface area (Å²) < 4.78 is 5.20. The summed E-state index contributed by atoms with van der Waals surface area (Å²) in [6.07, 6.45) is 0.894. The minimum atomic E-state index is 0.0101. The van der Waals surface area contributed by atoms with E-state index in [-0.39, 0.29) is 12.5 Å². The number of carbonyl (C=O) groups is 1. The number of rotatable bonds is 3. The number of carbonyl (C=O) groups excluding carboxylic acids is 1. The zero-order chi connectivity index (χ0) is 15.4. The monoisotopic (exact) mass is 292 g/mol. The van der Waals surface area contributed by atoms with Crippen LogP contribution in [0.3, 0.4) is 0 Å². The number of fused-ring (bicyclic) bond motifs is 1. The molecule has 1 heterocycles.